The number of hydrogen-bond acceptors (Lipinski definition) is 3. The Bertz CT molecular complexity index is 493. The zero-order chi connectivity index (χ0) is 15.6. The summed E-state index contributed by atoms with van der Waals surface area (Å²) in [5, 5.41) is 2.79. The fourth-order valence-corrected chi connectivity index (χ4v) is 2.20. The zero-order valence-electron chi connectivity index (χ0n) is 12.7. The van der Waals surface area contributed by atoms with Gasteiger partial charge in [-0.3, -0.25) is 0 Å². The van der Waals surface area contributed by atoms with Crippen molar-refractivity contribution in [3.05, 3.63) is 28.2 Å². The van der Waals surface area contributed by atoms with Crippen molar-refractivity contribution in [3.8, 4) is 0 Å². The fourth-order valence-electron chi connectivity index (χ4n) is 1.83. The number of para-hydroxylation sites is 1. The number of carbonyl (C=O) groups is 1. The van der Waals surface area contributed by atoms with E-state index in [-0.39, 0.29) is 5.41 Å². The second kappa shape index (κ2) is 6.04. The summed E-state index contributed by atoms with van der Waals surface area (Å²) >= 11 is 3.42. The minimum atomic E-state index is -0.497. The summed E-state index contributed by atoms with van der Waals surface area (Å²) in [7, 11) is 0. The largest absolute Gasteiger partial charge is 0.444 e. The van der Waals surface area contributed by atoms with E-state index in [9.17, 15) is 4.79 Å². The van der Waals surface area contributed by atoms with Gasteiger partial charge in [-0.25, -0.2) is 4.79 Å². The highest BCUT2D eigenvalue weighted by atomic mass is 79.9. The molecule has 0 aliphatic carbocycles. The lowest BCUT2D eigenvalue weighted by atomic mass is 9.83. The molecule has 1 amide bonds. The number of ether oxygens (including phenoxy) is 1. The molecule has 0 aliphatic heterocycles. The molecule has 1 aromatic carbocycles. The Morgan fingerprint density at radius 2 is 1.90 bits per heavy atom. The molecule has 0 fully saturated rings. The van der Waals surface area contributed by atoms with Gasteiger partial charge in [-0.1, -0.05) is 26.0 Å². The van der Waals surface area contributed by atoms with E-state index >= 15 is 0 Å². The maximum atomic E-state index is 11.7. The van der Waals surface area contributed by atoms with Crippen molar-refractivity contribution in [2.45, 2.75) is 45.6 Å². The Kier molecular flexibility index (Phi) is 5.08. The summed E-state index contributed by atoms with van der Waals surface area (Å²) in [5.41, 5.74) is 6.99. The molecule has 20 heavy (non-hydrogen) atoms. The lowest BCUT2D eigenvalue weighted by Gasteiger charge is -2.28. The first-order valence-electron chi connectivity index (χ1n) is 6.54. The smallest absolute Gasteiger partial charge is 0.407 e. The molecule has 0 saturated heterocycles. The van der Waals surface area contributed by atoms with Crippen molar-refractivity contribution in [1.29, 1.82) is 0 Å². The molecule has 0 aliphatic rings. The zero-order valence-corrected chi connectivity index (χ0v) is 14.3. The molecule has 0 unspecified atom stereocenters. The van der Waals surface area contributed by atoms with Gasteiger partial charge in [-0.05, 0) is 48.3 Å². The van der Waals surface area contributed by atoms with E-state index < -0.39 is 11.7 Å². The monoisotopic (exact) mass is 342 g/mol. The summed E-state index contributed by atoms with van der Waals surface area (Å²) in [6, 6.07) is 5.80. The summed E-state index contributed by atoms with van der Waals surface area (Å²) in [4.78, 5) is 11.7. The molecule has 0 aromatic heterocycles. The fraction of sp³-hybridized carbons (Fsp3) is 0.533. The van der Waals surface area contributed by atoms with E-state index in [1.165, 1.54) is 0 Å². The van der Waals surface area contributed by atoms with Crippen LogP contribution in [0.5, 0.6) is 0 Å². The molecule has 4 nitrogen and oxygen atoms in total. The highest BCUT2D eigenvalue weighted by molar-refractivity contribution is 9.10. The third-order valence-electron chi connectivity index (χ3n) is 2.86. The SMILES string of the molecule is CC(C)(C)OC(=O)NCC(C)(C)c1cccc(Br)c1N. The summed E-state index contributed by atoms with van der Waals surface area (Å²) in [6.07, 6.45) is -0.417. The quantitative estimate of drug-likeness (QED) is 0.820. The standard InChI is InChI=1S/C15H23BrN2O2/c1-14(2,3)20-13(19)18-9-15(4,5)10-7-6-8-11(16)12(10)17/h6-8H,9,17H2,1-5H3,(H,18,19). The lowest BCUT2D eigenvalue weighted by Crippen LogP contribution is -2.40. The molecule has 112 valence electrons. The van der Waals surface area contributed by atoms with Crippen LogP contribution in [-0.2, 0) is 10.2 Å². The van der Waals surface area contributed by atoms with Crippen LogP contribution in [-0.4, -0.2) is 18.2 Å². The van der Waals surface area contributed by atoms with Crippen molar-refractivity contribution in [1.82, 2.24) is 5.32 Å². The van der Waals surface area contributed by atoms with Gasteiger partial charge in [-0.15, -0.1) is 0 Å². The first kappa shape index (κ1) is 16.8. The number of alkyl carbamates (subject to hydrolysis) is 1. The molecule has 3 N–H and O–H groups in total. The highest BCUT2D eigenvalue weighted by Crippen LogP contribution is 2.32. The Morgan fingerprint density at radius 3 is 2.45 bits per heavy atom. The van der Waals surface area contributed by atoms with Gasteiger partial charge in [0.1, 0.15) is 5.60 Å². The van der Waals surface area contributed by atoms with Gasteiger partial charge in [0.2, 0.25) is 0 Å². The van der Waals surface area contributed by atoms with Gasteiger partial charge < -0.3 is 15.8 Å². The number of nitrogen functional groups attached to an aromatic ring is 1. The molecular formula is C15H23BrN2O2. The molecule has 0 bridgehead atoms. The van der Waals surface area contributed by atoms with Crippen molar-refractivity contribution in [3.63, 3.8) is 0 Å². The average molecular weight is 343 g/mol. The molecule has 0 atom stereocenters. The number of nitrogens with two attached hydrogens (primary N) is 1. The van der Waals surface area contributed by atoms with E-state index in [0.29, 0.717) is 12.2 Å². The summed E-state index contributed by atoms with van der Waals surface area (Å²) < 4.78 is 6.09. The van der Waals surface area contributed by atoms with Crippen LogP contribution < -0.4 is 11.1 Å². The Balaban J connectivity index is 2.75. The van der Waals surface area contributed by atoms with Crippen LogP contribution in [0.1, 0.15) is 40.2 Å². The van der Waals surface area contributed by atoms with Gasteiger partial charge in [0, 0.05) is 22.1 Å². The van der Waals surface area contributed by atoms with E-state index in [2.05, 4.69) is 21.2 Å². The molecule has 0 spiro atoms. The third kappa shape index (κ3) is 4.71. The minimum Gasteiger partial charge on any atom is -0.444 e. The van der Waals surface area contributed by atoms with Gasteiger partial charge in [0.05, 0.1) is 0 Å². The van der Waals surface area contributed by atoms with Crippen LogP contribution >= 0.6 is 15.9 Å². The van der Waals surface area contributed by atoms with E-state index in [0.717, 1.165) is 10.0 Å². The minimum absolute atomic E-state index is 0.287. The maximum Gasteiger partial charge on any atom is 0.407 e. The number of rotatable bonds is 3. The Labute approximate surface area is 129 Å². The van der Waals surface area contributed by atoms with Gasteiger partial charge in [0.15, 0.2) is 0 Å². The van der Waals surface area contributed by atoms with Crippen LogP contribution in [0.3, 0.4) is 0 Å². The first-order valence-corrected chi connectivity index (χ1v) is 7.33. The Hall–Kier alpha value is -1.23. The van der Waals surface area contributed by atoms with Crippen LogP contribution in [0.4, 0.5) is 10.5 Å². The summed E-state index contributed by atoms with van der Waals surface area (Å²) in [5.74, 6) is 0. The lowest BCUT2D eigenvalue weighted by molar-refractivity contribution is 0.0517. The second-order valence-corrected chi connectivity index (χ2v) is 7.29. The number of hydrogen-bond donors (Lipinski definition) is 2. The number of benzene rings is 1. The number of nitrogens with one attached hydrogen (secondary N) is 1. The number of carbonyl (C=O) groups excluding carboxylic acids is 1. The topological polar surface area (TPSA) is 64.3 Å². The van der Waals surface area contributed by atoms with Crippen molar-refractivity contribution >= 4 is 27.7 Å². The second-order valence-electron chi connectivity index (χ2n) is 6.44. The van der Waals surface area contributed by atoms with Crippen molar-refractivity contribution in [2.75, 3.05) is 12.3 Å². The van der Waals surface area contributed by atoms with Gasteiger partial charge in [-0.2, -0.15) is 0 Å². The number of anilines is 1. The average Bonchev–Trinajstić information content (AvgIpc) is 2.28. The highest BCUT2D eigenvalue weighted by Gasteiger charge is 2.25. The van der Waals surface area contributed by atoms with E-state index in [1.807, 2.05) is 52.8 Å². The molecule has 1 rings (SSSR count). The van der Waals surface area contributed by atoms with Crippen molar-refractivity contribution < 1.29 is 9.53 Å². The molecule has 0 heterocycles. The van der Waals surface area contributed by atoms with Crippen LogP contribution in [0.15, 0.2) is 22.7 Å². The van der Waals surface area contributed by atoms with E-state index in [4.69, 9.17) is 10.5 Å². The third-order valence-corrected chi connectivity index (χ3v) is 3.55. The molecule has 1 aromatic rings. The predicted molar refractivity (Wildman–Crippen MR) is 85.8 cm³/mol. The van der Waals surface area contributed by atoms with Crippen molar-refractivity contribution in [2.24, 2.45) is 0 Å². The van der Waals surface area contributed by atoms with Gasteiger partial charge >= 0.3 is 6.09 Å². The normalized spacial score (nSPS) is 12.1. The maximum absolute atomic E-state index is 11.7. The predicted octanol–water partition coefficient (Wildman–Crippen LogP) is 3.83. The van der Waals surface area contributed by atoms with E-state index in [1.54, 1.807) is 0 Å². The Morgan fingerprint density at radius 1 is 1.30 bits per heavy atom. The molecular weight excluding hydrogens is 320 g/mol. The molecule has 0 radical (unpaired) electrons. The molecule has 0 saturated carbocycles. The molecule has 5 heteroatoms. The number of amides is 1. The number of halogens is 1. The van der Waals surface area contributed by atoms with Crippen LogP contribution in [0.25, 0.3) is 0 Å². The summed E-state index contributed by atoms with van der Waals surface area (Å²) in [6.45, 7) is 10.0. The first-order chi connectivity index (χ1) is 9.03. The van der Waals surface area contributed by atoms with Gasteiger partial charge in [0.25, 0.3) is 0 Å². The van der Waals surface area contributed by atoms with Crippen LogP contribution in [0, 0.1) is 0 Å². The van der Waals surface area contributed by atoms with Crippen LogP contribution in [0.2, 0.25) is 0 Å².